The summed E-state index contributed by atoms with van der Waals surface area (Å²) in [7, 11) is 3.19. The van der Waals surface area contributed by atoms with Gasteiger partial charge >= 0.3 is 0 Å². The Labute approximate surface area is 164 Å². The summed E-state index contributed by atoms with van der Waals surface area (Å²) in [5.74, 6) is 1.66. The van der Waals surface area contributed by atoms with E-state index in [0.29, 0.717) is 28.6 Å². The van der Waals surface area contributed by atoms with Crippen LogP contribution in [0.2, 0.25) is 0 Å². The number of aromatic nitrogens is 1. The molecule has 1 amide bonds. The number of nitrogens with zero attached hydrogens (tertiary/aromatic N) is 1. The molecule has 0 aliphatic carbocycles. The Balaban J connectivity index is 1.81. The molecule has 0 atom stereocenters. The predicted octanol–water partition coefficient (Wildman–Crippen LogP) is 4.71. The number of carbonyl (C=O) groups is 1. The molecule has 0 saturated heterocycles. The van der Waals surface area contributed by atoms with E-state index in [2.05, 4.69) is 15.6 Å². The van der Waals surface area contributed by atoms with E-state index in [1.165, 1.54) is 0 Å². The van der Waals surface area contributed by atoms with Crippen LogP contribution in [0.5, 0.6) is 11.5 Å². The van der Waals surface area contributed by atoms with Crippen LogP contribution >= 0.6 is 0 Å². The number of benzene rings is 2. The predicted molar refractivity (Wildman–Crippen MR) is 111 cm³/mol. The van der Waals surface area contributed by atoms with Crippen molar-refractivity contribution in [3.8, 4) is 11.5 Å². The van der Waals surface area contributed by atoms with Gasteiger partial charge in [0.25, 0.3) is 5.91 Å². The number of anilines is 3. The lowest BCUT2D eigenvalue weighted by atomic mass is 10.1. The summed E-state index contributed by atoms with van der Waals surface area (Å²) in [5.41, 5.74) is 4.15. The second-order valence-electron chi connectivity index (χ2n) is 6.39. The van der Waals surface area contributed by atoms with Crippen LogP contribution in [-0.4, -0.2) is 25.1 Å². The fourth-order valence-electron chi connectivity index (χ4n) is 2.84. The molecule has 3 rings (SSSR count). The Morgan fingerprint density at radius 2 is 1.75 bits per heavy atom. The number of carbonyl (C=O) groups excluding carboxylic acids is 1. The van der Waals surface area contributed by atoms with Gasteiger partial charge < -0.3 is 20.1 Å². The number of rotatable bonds is 6. The lowest BCUT2D eigenvalue weighted by Crippen LogP contribution is -2.13. The van der Waals surface area contributed by atoms with Crippen LogP contribution in [0.4, 0.5) is 17.2 Å². The van der Waals surface area contributed by atoms with Crippen LogP contribution in [0.1, 0.15) is 21.5 Å². The third-order valence-electron chi connectivity index (χ3n) is 4.32. The third-order valence-corrected chi connectivity index (χ3v) is 4.32. The largest absolute Gasteiger partial charge is 0.497 e. The number of ether oxygens (including phenoxy) is 2. The molecular weight excluding hydrogens is 354 g/mol. The molecule has 6 nitrogen and oxygen atoms in total. The maximum absolute atomic E-state index is 12.7. The van der Waals surface area contributed by atoms with Crippen molar-refractivity contribution in [2.45, 2.75) is 13.8 Å². The quantitative estimate of drug-likeness (QED) is 0.651. The summed E-state index contributed by atoms with van der Waals surface area (Å²) in [4.78, 5) is 17.0. The second-order valence-corrected chi connectivity index (χ2v) is 6.39. The lowest BCUT2D eigenvalue weighted by Gasteiger charge is -2.13. The Morgan fingerprint density at radius 3 is 2.46 bits per heavy atom. The zero-order chi connectivity index (χ0) is 20.1. The lowest BCUT2D eigenvalue weighted by molar-refractivity contribution is 0.102. The van der Waals surface area contributed by atoms with Crippen molar-refractivity contribution < 1.29 is 14.3 Å². The van der Waals surface area contributed by atoms with Crippen LogP contribution in [0.25, 0.3) is 0 Å². The molecule has 2 aromatic carbocycles. The highest BCUT2D eigenvalue weighted by Gasteiger charge is 2.11. The third kappa shape index (κ3) is 4.40. The van der Waals surface area contributed by atoms with Crippen molar-refractivity contribution in [2.75, 3.05) is 24.9 Å². The normalized spacial score (nSPS) is 10.3. The molecule has 0 spiro atoms. The number of nitrogens with one attached hydrogen (secondary N) is 2. The van der Waals surface area contributed by atoms with E-state index in [1.54, 1.807) is 38.6 Å². The van der Waals surface area contributed by atoms with E-state index in [1.807, 2.05) is 44.2 Å². The van der Waals surface area contributed by atoms with Crippen LogP contribution in [0.3, 0.4) is 0 Å². The minimum Gasteiger partial charge on any atom is -0.497 e. The van der Waals surface area contributed by atoms with Crippen LogP contribution < -0.4 is 20.1 Å². The summed E-state index contributed by atoms with van der Waals surface area (Å²) in [6.07, 6.45) is 1.59. The van der Waals surface area contributed by atoms with Gasteiger partial charge in [-0.25, -0.2) is 4.98 Å². The van der Waals surface area contributed by atoms with Crippen LogP contribution in [0.15, 0.2) is 54.7 Å². The van der Waals surface area contributed by atoms with E-state index < -0.39 is 0 Å². The highest BCUT2D eigenvalue weighted by atomic mass is 16.5. The number of methoxy groups -OCH3 is 2. The average molecular weight is 377 g/mol. The number of pyridine rings is 1. The molecule has 0 aliphatic heterocycles. The van der Waals surface area contributed by atoms with Crippen molar-refractivity contribution in [1.82, 2.24) is 4.98 Å². The first-order chi connectivity index (χ1) is 13.5. The highest BCUT2D eigenvalue weighted by molar-refractivity contribution is 6.05. The standard InChI is InChI=1S/C22H23N3O3/c1-14-5-7-18(15(2)11-14)25-22(26)16-9-10-23-21(12-16)24-19-13-17(27-3)6-8-20(19)28-4/h5-13H,1-4H3,(H,23,24)(H,25,26). The van der Waals surface area contributed by atoms with Gasteiger partial charge in [0.2, 0.25) is 0 Å². The maximum Gasteiger partial charge on any atom is 0.255 e. The van der Waals surface area contributed by atoms with E-state index >= 15 is 0 Å². The van der Waals surface area contributed by atoms with Gasteiger partial charge in [-0.1, -0.05) is 17.7 Å². The summed E-state index contributed by atoms with van der Waals surface area (Å²) in [6, 6.07) is 14.7. The van der Waals surface area contributed by atoms with Crippen molar-refractivity contribution in [3.63, 3.8) is 0 Å². The first-order valence-electron chi connectivity index (χ1n) is 8.84. The monoisotopic (exact) mass is 377 g/mol. The van der Waals surface area contributed by atoms with Crippen LogP contribution in [0, 0.1) is 13.8 Å². The number of hydrogen-bond donors (Lipinski definition) is 2. The average Bonchev–Trinajstić information content (AvgIpc) is 2.70. The first kappa shape index (κ1) is 19.2. The number of amides is 1. The van der Waals surface area contributed by atoms with Crippen molar-refractivity contribution >= 4 is 23.1 Å². The summed E-state index contributed by atoms with van der Waals surface area (Å²) in [6.45, 7) is 3.99. The Morgan fingerprint density at radius 1 is 0.929 bits per heavy atom. The van der Waals surface area contributed by atoms with Gasteiger partial charge in [-0.15, -0.1) is 0 Å². The van der Waals surface area contributed by atoms with Crippen molar-refractivity contribution in [2.24, 2.45) is 0 Å². The number of aryl methyl sites for hydroxylation is 2. The Kier molecular flexibility index (Phi) is 5.79. The molecule has 3 aromatic rings. The van der Waals surface area contributed by atoms with Gasteiger partial charge in [0.15, 0.2) is 0 Å². The molecule has 2 N–H and O–H groups in total. The summed E-state index contributed by atoms with van der Waals surface area (Å²) >= 11 is 0. The van der Waals surface area contributed by atoms with Gasteiger partial charge in [0.05, 0.1) is 19.9 Å². The van der Waals surface area contributed by atoms with E-state index in [4.69, 9.17) is 9.47 Å². The topological polar surface area (TPSA) is 72.5 Å². The maximum atomic E-state index is 12.7. The van der Waals surface area contributed by atoms with Gasteiger partial charge in [-0.05, 0) is 49.7 Å². The Bertz CT molecular complexity index is 1000. The molecule has 144 valence electrons. The molecule has 1 aromatic heterocycles. The van der Waals surface area contributed by atoms with E-state index in [-0.39, 0.29) is 5.91 Å². The molecule has 0 radical (unpaired) electrons. The highest BCUT2D eigenvalue weighted by Crippen LogP contribution is 2.31. The summed E-state index contributed by atoms with van der Waals surface area (Å²) < 4.78 is 10.6. The van der Waals surface area contributed by atoms with Gasteiger partial charge in [0, 0.05) is 23.5 Å². The first-order valence-corrected chi connectivity index (χ1v) is 8.84. The fourth-order valence-corrected chi connectivity index (χ4v) is 2.84. The molecule has 0 saturated carbocycles. The zero-order valence-corrected chi connectivity index (χ0v) is 16.4. The molecule has 0 unspecified atom stereocenters. The Hall–Kier alpha value is -3.54. The smallest absolute Gasteiger partial charge is 0.255 e. The molecule has 0 bridgehead atoms. The molecule has 1 heterocycles. The van der Waals surface area contributed by atoms with Crippen LogP contribution in [-0.2, 0) is 0 Å². The van der Waals surface area contributed by atoms with Crippen molar-refractivity contribution in [3.05, 3.63) is 71.4 Å². The SMILES string of the molecule is COc1ccc(OC)c(Nc2cc(C(=O)Nc3ccc(C)cc3C)ccn2)c1. The molecular formula is C22H23N3O3. The summed E-state index contributed by atoms with van der Waals surface area (Å²) in [5, 5.41) is 6.13. The minimum atomic E-state index is -0.199. The van der Waals surface area contributed by atoms with E-state index in [9.17, 15) is 4.79 Å². The molecule has 0 fully saturated rings. The second kappa shape index (κ2) is 8.43. The zero-order valence-electron chi connectivity index (χ0n) is 16.4. The minimum absolute atomic E-state index is 0.199. The molecule has 28 heavy (non-hydrogen) atoms. The van der Waals surface area contributed by atoms with Gasteiger partial charge in [-0.2, -0.15) is 0 Å². The molecule has 0 aliphatic rings. The molecule has 6 heteroatoms. The number of hydrogen-bond acceptors (Lipinski definition) is 5. The van der Waals surface area contributed by atoms with Crippen molar-refractivity contribution in [1.29, 1.82) is 0 Å². The fraction of sp³-hybridized carbons (Fsp3) is 0.182. The van der Waals surface area contributed by atoms with Gasteiger partial charge in [-0.3, -0.25) is 4.79 Å². The van der Waals surface area contributed by atoms with Gasteiger partial charge in [0.1, 0.15) is 17.3 Å². The van der Waals surface area contributed by atoms with E-state index in [0.717, 1.165) is 16.8 Å².